The molecule has 5 rings (SSSR count). The van der Waals surface area contributed by atoms with Crippen molar-refractivity contribution in [1.29, 1.82) is 0 Å². The number of methoxy groups -OCH3 is 1. The Balaban J connectivity index is 1.84. The number of phenols is 1. The lowest BCUT2D eigenvalue weighted by Crippen LogP contribution is -2.40. The standard InChI is InChI=1S/C28H24N2O5S/c1-4-35-27(33)23-16(2)29-28-30(26(32)22(36-28)15-17-9-12-19(31)13-10-17)25(23)24-20-8-6-5-7-18(20)11-14-21(24)34-3/h5-15,25,31H,4H2,1-3H3/t25-/m0/s1. The van der Waals surface area contributed by atoms with E-state index < -0.39 is 12.0 Å². The highest BCUT2D eigenvalue weighted by atomic mass is 32.1. The van der Waals surface area contributed by atoms with Gasteiger partial charge in [0.1, 0.15) is 17.5 Å². The Morgan fingerprint density at radius 3 is 2.61 bits per heavy atom. The van der Waals surface area contributed by atoms with Gasteiger partial charge in [-0.25, -0.2) is 9.79 Å². The number of ether oxygens (including phenoxy) is 2. The zero-order valence-corrected chi connectivity index (χ0v) is 20.8. The second kappa shape index (κ2) is 9.47. The molecule has 36 heavy (non-hydrogen) atoms. The van der Waals surface area contributed by atoms with Crippen LogP contribution in [0.5, 0.6) is 11.5 Å². The number of nitrogens with zero attached hydrogens (tertiary/aromatic N) is 2. The number of hydrogen-bond acceptors (Lipinski definition) is 7. The van der Waals surface area contributed by atoms with Crippen LogP contribution in [0.2, 0.25) is 0 Å². The molecule has 0 bridgehead atoms. The van der Waals surface area contributed by atoms with Gasteiger partial charge in [-0.15, -0.1) is 0 Å². The van der Waals surface area contributed by atoms with E-state index in [1.54, 1.807) is 55.9 Å². The quantitative estimate of drug-likeness (QED) is 0.423. The van der Waals surface area contributed by atoms with Gasteiger partial charge in [0, 0.05) is 5.56 Å². The van der Waals surface area contributed by atoms with Gasteiger partial charge < -0.3 is 14.6 Å². The zero-order valence-electron chi connectivity index (χ0n) is 20.0. The molecular formula is C28H24N2O5S. The molecule has 0 saturated heterocycles. The second-order valence-electron chi connectivity index (χ2n) is 8.30. The number of fused-ring (bicyclic) bond motifs is 2. The van der Waals surface area contributed by atoms with Crippen molar-refractivity contribution in [2.24, 2.45) is 4.99 Å². The molecular weight excluding hydrogens is 476 g/mol. The minimum Gasteiger partial charge on any atom is -0.508 e. The van der Waals surface area contributed by atoms with Crippen molar-refractivity contribution in [3.8, 4) is 11.5 Å². The number of aromatic nitrogens is 1. The number of aromatic hydroxyl groups is 1. The Morgan fingerprint density at radius 2 is 1.89 bits per heavy atom. The number of carbonyl (C=O) groups is 1. The molecule has 3 aromatic carbocycles. The molecule has 0 amide bonds. The zero-order chi connectivity index (χ0) is 25.4. The summed E-state index contributed by atoms with van der Waals surface area (Å²) in [6.45, 7) is 3.70. The van der Waals surface area contributed by atoms with Gasteiger partial charge in [0.25, 0.3) is 5.56 Å². The molecule has 182 valence electrons. The molecule has 1 aliphatic rings. The summed E-state index contributed by atoms with van der Waals surface area (Å²) in [5.41, 5.74) is 1.98. The highest BCUT2D eigenvalue weighted by molar-refractivity contribution is 7.07. The SMILES string of the molecule is CCOC(=O)C1=C(C)N=c2sc(=Cc3ccc(O)cc3)c(=O)n2[C@@H]1c1c(OC)ccc2ccccc12. The summed E-state index contributed by atoms with van der Waals surface area (Å²) in [5.74, 6) is 0.182. The maximum atomic E-state index is 13.9. The molecule has 0 saturated carbocycles. The summed E-state index contributed by atoms with van der Waals surface area (Å²) < 4.78 is 13.2. The van der Waals surface area contributed by atoms with Gasteiger partial charge >= 0.3 is 5.97 Å². The Hall–Kier alpha value is -4.17. The van der Waals surface area contributed by atoms with Crippen LogP contribution in [-0.4, -0.2) is 29.4 Å². The Labute approximate surface area is 210 Å². The van der Waals surface area contributed by atoms with Crippen molar-refractivity contribution in [1.82, 2.24) is 4.57 Å². The molecule has 1 N–H and O–H groups in total. The first-order chi connectivity index (χ1) is 17.4. The molecule has 1 aromatic heterocycles. The molecule has 0 fully saturated rings. The first kappa shape index (κ1) is 23.6. The average molecular weight is 501 g/mol. The fraction of sp³-hybridized carbons (Fsp3) is 0.179. The number of thiazole rings is 1. The van der Waals surface area contributed by atoms with Gasteiger partial charge in [0.15, 0.2) is 4.80 Å². The van der Waals surface area contributed by atoms with Gasteiger partial charge in [0.05, 0.1) is 29.5 Å². The molecule has 0 unspecified atom stereocenters. The third kappa shape index (κ3) is 3.99. The van der Waals surface area contributed by atoms with Crippen molar-refractivity contribution >= 4 is 34.2 Å². The third-order valence-corrected chi connectivity index (χ3v) is 7.11. The number of allylic oxidation sites excluding steroid dienone is 1. The minimum atomic E-state index is -0.789. The fourth-order valence-electron chi connectivity index (χ4n) is 4.52. The molecule has 0 radical (unpaired) electrons. The number of phenolic OH excluding ortho intramolecular Hbond substituents is 1. The molecule has 0 aliphatic carbocycles. The molecule has 1 aliphatic heterocycles. The Morgan fingerprint density at radius 1 is 1.14 bits per heavy atom. The topological polar surface area (TPSA) is 90.1 Å². The van der Waals surface area contributed by atoms with Gasteiger partial charge in [0.2, 0.25) is 0 Å². The van der Waals surface area contributed by atoms with E-state index in [-0.39, 0.29) is 17.9 Å². The summed E-state index contributed by atoms with van der Waals surface area (Å²) in [7, 11) is 1.57. The van der Waals surface area contributed by atoms with E-state index in [2.05, 4.69) is 4.99 Å². The summed E-state index contributed by atoms with van der Waals surface area (Å²) in [6.07, 6.45) is 1.75. The number of benzene rings is 3. The maximum Gasteiger partial charge on any atom is 0.338 e. The summed E-state index contributed by atoms with van der Waals surface area (Å²) in [5, 5.41) is 11.4. The van der Waals surface area contributed by atoms with Crippen LogP contribution in [0.1, 0.15) is 31.0 Å². The van der Waals surface area contributed by atoms with Crippen LogP contribution >= 0.6 is 11.3 Å². The Bertz CT molecular complexity index is 1700. The van der Waals surface area contributed by atoms with E-state index in [0.29, 0.717) is 31.9 Å². The van der Waals surface area contributed by atoms with Gasteiger partial charge in [-0.1, -0.05) is 53.8 Å². The summed E-state index contributed by atoms with van der Waals surface area (Å²) in [6, 6.07) is 17.4. The molecule has 7 nitrogen and oxygen atoms in total. The van der Waals surface area contributed by atoms with E-state index in [9.17, 15) is 14.7 Å². The van der Waals surface area contributed by atoms with Gasteiger partial charge in [-0.05, 0) is 54.5 Å². The lowest BCUT2D eigenvalue weighted by Gasteiger charge is -2.27. The van der Waals surface area contributed by atoms with Gasteiger partial charge in [-0.3, -0.25) is 9.36 Å². The van der Waals surface area contributed by atoms with Crippen LogP contribution in [0.15, 0.2) is 81.7 Å². The largest absolute Gasteiger partial charge is 0.508 e. The van der Waals surface area contributed by atoms with Crippen molar-refractivity contribution in [3.63, 3.8) is 0 Å². The first-order valence-electron chi connectivity index (χ1n) is 11.5. The van der Waals surface area contributed by atoms with E-state index >= 15 is 0 Å². The molecule has 0 spiro atoms. The monoisotopic (exact) mass is 500 g/mol. The number of esters is 1. The van der Waals surface area contributed by atoms with Crippen molar-refractivity contribution < 1.29 is 19.4 Å². The van der Waals surface area contributed by atoms with Crippen molar-refractivity contribution in [3.05, 3.63) is 103 Å². The van der Waals surface area contributed by atoms with Crippen LogP contribution in [0.25, 0.3) is 16.8 Å². The molecule has 1 atom stereocenters. The third-order valence-electron chi connectivity index (χ3n) is 6.13. The van der Waals surface area contributed by atoms with Crippen LogP contribution in [-0.2, 0) is 9.53 Å². The first-order valence-corrected chi connectivity index (χ1v) is 12.3. The lowest BCUT2D eigenvalue weighted by molar-refractivity contribution is -0.139. The maximum absolute atomic E-state index is 13.9. The normalized spacial score (nSPS) is 15.5. The van der Waals surface area contributed by atoms with Crippen molar-refractivity contribution in [2.75, 3.05) is 13.7 Å². The average Bonchev–Trinajstić information content (AvgIpc) is 3.18. The summed E-state index contributed by atoms with van der Waals surface area (Å²) in [4.78, 5) is 32.2. The molecule has 2 heterocycles. The van der Waals surface area contributed by atoms with E-state index in [1.807, 2.05) is 36.4 Å². The van der Waals surface area contributed by atoms with E-state index in [0.717, 1.165) is 16.3 Å². The Kier molecular flexibility index (Phi) is 6.20. The second-order valence-corrected chi connectivity index (χ2v) is 9.31. The van der Waals surface area contributed by atoms with Crippen LogP contribution < -0.4 is 19.6 Å². The van der Waals surface area contributed by atoms with Crippen LogP contribution in [0, 0.1) is 0 Å². The predicted molar refractivity (Wildman–Crippen MR) is 139 cm³/mol. The smallest absolute Gasteiger partial charge is 0.338 e. The molecule has 4 aromatic rings. The highest BCUT2D eigenvalue weighted by Crippen LogP contribution is 2.40. The lowest BCUT2D eigenvalue weighted by atomic mass is 9.90. The minimum absolute atomic E-state index is 0.145. The van der Waals surface area contributed by atoms with Crippen LogP contribution in [0.4, 0.5) is 0 Å². The highest BCUT2D eigenvalue weighted by Gasteiger charge is 2.36. The summed E-state index contributed by atoms with van der Waals surface area (Å²) >= 11 is 1.25. The fourth-order valence-corrected chi connectivity index (χ4v) is 5.57. The predicted octanol–water partition coefficient (Wildman–Crippen LogP) is 3.67. The number of rotatable bonds is 5. The van der Waals surface area contributed by atoms with Crippen LogP contribution in [0.3, 0.4) is 0 Å². The molecule has 8 heteroatoms. The number of carbonyl (C=O) groups excluding carboxylic acids is 1. The van der Waals surface area contributed by atoms with E-state index in [1.165, 1.54) is 11.3 Å². The van der Waals surface area contributed by atoms with Gasteiger partial charge in [-0.2, -0.15) is 0 Å². The van der Waals surface area contributed by atoms with Crippen molar-refractivity contribution in [2.45, 2.75) is 19.9 Å². The number of hydrogen-bond donors (Lipinski definition) is 1. The van der Waals surface area contributed by atoms with E-state index in [4.69, 9.17) is 9.47 Å².